The van der Waals surface area contributed by atoms with Gasteiger partial charge in [-0.25, -0.2) is 4.98 Å². The van der Waals surface area contributed by atoms with E-state index < -0.39 is 0 Å². The van der Waals surface area contributed by atoms with Crippen LogP contribution in [0, 0.1) is 0 Å². The Morgan fingerprint density at radius 1 is 1.20 bits per heavy atom. The number of rotatable bonds is 5. The normalized spacial score (nSPS) is 11.3. The van der Waals surface area contributed by atoms with Crippen molar-refractivity contribution in [2.75, 3.05) is 6.54 Å². The smallest absolute Gasteiger partial charge is 0.128 e. The number of fused-ring (bicyclic) bond motifs is 1. The first-order valence-electron chi connectivity index (χ1n) is 7.02. The number of aromatic nitrogens is 3. The fourth-order valence-corrected chi connectivity index (χ4v) is 2.45. The van der Waals surface area contributed by atoms with Gasteiger partial charge in [-0.15, -0.1) is 0 Å². The quantitative estimate of drug-likeness (QED) is 0.771. The number of aryl methyl sites for hydroxylation is 1. The summed E-state index contributed by atoms with van der Waals surface area (Å²) in [4.78, 5) is 4.40. The molecule has 0 radical (unpaired) electrons. The number of nitrogens with zero attached hydrogens (tertiary/aromatic N) is 3. The number of benzene rings is 1. The van der Waals surface area contributed by atoms with Gasteiger partial charge in [0.25, 0.3) is 0 Å². The molecule has 1 N–H and O–H groups in total. The molecule has 1 aromatic carbocycles. The summed E-state index contributed by atoms with van der Waals surface area (Å²) < 4.78 is 4.32. The third kappa shape index (κ3) is 2.47. The minimum Gasteiger partial charge on any atom is -0.340 e. The molecule has 0 amide bonds. The molecule has 0 atom stereocenters. The van der Waals surface area contributed by atoms with Crippen molar-refractivity contribution in [3.05, 3.63) is 54.2 Å². The van der Waals surface area contributed by atoms with Crippen LogP contribution < -0.4 is 5.32 Å². The molecule has 3 aromatic rings. The second kappa shape index (κ2) is 5.51. The number of nitrogens with one attached hydrogen (secondary N) is 1. The molecule has 0 aliphatic rings. The van der Waals surface area contributed by atoms with Gasteiger partial charge in [0.2, 0.25) is 0 Å². The summed E-state index contributed by atoms with van der Waals surface area (Å²) in [5, 5.41) is 4.65. The molecular formula is C16H20N4. The third-order valence-corrected chi connectivity index (χ3v) is 3.65. The maximum atomic E-state index is 4.40. The average Bonchev–Trinajstić information content (AvgIpc) is 3.04. The molecule has 2 heterocycles. The maximum absolute atomic E-state index is 4.40. The van der Waals surface area contributed by atoms with Crippen LogP contribution in [0.3, 0.4) is 0 Å². The topological polar surface area (TPSA) is 34.8 Å². The van der Waals surface area contributed by atoms with Crippen molar-refractivity contribution < 1.29 is 0 Å². The molecular weight excluding hydrogens is 248 g/mol. The molecule has 104 valence electrons. The molecule has 0 saturated heterocycles. The Hall–Kier alpha value is -2.07. The van der Waals surface area contributed by atoms with Crippen molar-refractivity contribution in [3.8, 4) is 0 Å². The average molecular weight is 268 g/mol. The molecule has 20 heavy (non-hydrogen) atoms. The predicted molar refractivity (Wildman–Crippen MR) is 81.6 cm³/mol. The van der Waals surface area contributed by atoms with E-state index in [1.54, 1.807) is 0 Å². The van der Waals surface area contributed by atoms with Crippen LogP contribution >= 0.6 is 0 Å². The molecule has 3 rings (SSSR count). The van der Waals surface area contributed by atoms with Gasteiger partial charge in [-0.2, -0.15) is 0 Å². The van der Waals surface area contributed by atoms with Gasteiger partial charge in [0.05, 0.1) is 6.54 Å². The molecule has 0 unspecified atom stereocenters. The molecule has 0 bridgehead atoms. The zero-order valence-corrected chi connectivity index (χ0v) is 12.0. The van der Waals surface area contributed by atoms with Gasteiger partial charge in [-0.3, -0.25) is 0 Å². The molecule has 0 spiro atoms. The second-order valence-electron chi connectivity index (χ2n) is 5.07. The maximum Gasteiger partial charge on any atom is 0.128 e. The summed E-state index contributed by atoms with van der Waals surface area (Å²) in [6.07, 6.45) is 5.96. The molecule has 4 nitrogen and oxygen atoms in total. The zero-order valence-electron chi connectivity index (χ0n) is 12.0. The van der Waals surface area contributed by atoms with Crippen LogP contribution in [-0.4, -0.2) is 20.7 Å². The van der Waals surface area contributed by atoms with E-state index >= 15 is 0 Å². The Labute approximate surface area is 119 Å². The first kappa shape index (κ1) is 12.9. The lowest BCUT2D eigenvalue weighted by Crippen LogP contribution is -2.11. The number of hydrogen-bond donors (Lipinski definition) is 1. The Kier molecular flexibility index (Phi) is 3.56. The molecule has 0 saturated carbocycles. The summed E-state index contributed by atoms with van der Waals surface area (Å²) in [6, 6.07) is 8.81. The van der Waals surface area contributed by atoms with E-state index in [4.69, 9.17) is 0 Å². The van der Waals surface area contributed by atoms with E-state index in [1.807, 2.05) is 19.4 Å². The van der Waals surface area contributed by atoms with E-state index in [-0.39, 0.29) is 0 Å². The van der Waals surface area contributed by atoms with Gasteiger partial charge in [-0.1, -0.05) is 19.1 Å². The summed E-state index contributed by atoms with van der Waals surface area (Å²) >= 11 is 0. The third-order valence-electron chi connectivity index (χ3n) is 3.65. The van der Waals surface area contributed by atoms with Crippen molar-refractivity contribution >= 4 is 10.9 Å². The van der Waals surface area contributed by atoms with Crippen molar-refractivity contribution in [1.82, 2.24) is 19.4 Å². The van der Waals surface area contributed by atoms with Gasteiger partial charge in [0, 0.05) is 37.7 Å². The van der Waals surface area contributed by atoms with E-state index in [0.717, 1.165) is 25.5 Å². The first-order chi connectivity index (χ1) is 9.78. The minimum atomic E-state index is 0.803. The van der Waals surface area contributed by atoms with Gasteiger partial charge in [0.1, 0.15) is 5.82 Å². The summed E-state index contributed by atoms with van der Waals surface area (Å²) in [5.41, 5.74) is 2.59. The van der Waals surface area contributed by atoms with Crippen LogP contribution in [0.5, 0.6) is 0 Å². The second-order valence-corrected chi connectivity index (χ2v) is 5.07. The fourth-order valence-electron chi connectivity index (χ4n) is 2.45. The SMILES string of the molecule is CCNCc1ccc2ccn(Cc3nccn3C)c2c1. The summed E-state index contributed by atoms with van der Waals surface area (Å²) in [6.45, 7) is 4.84. The minimum absolute atomic E-state index is 0.803. The van der Waals surface area contributed by atoms with Crippen LogP contribution in [0.25, 0.3) is 10.9 Å². The largest absolute Gasteiger partial charge is 0.340 e. The van der Waals surface area contributed by atoms with E-state index in [9.17, 15) is 0 Å². The standard InChI is InChI=1S/C16H20N4/c1-3-17-11-13-4-5-14-6-8-20(15(14)10-13)12-16-18-7-9-19(16)2/h4-10,17H,3,11-12H2,1-2H3. The van der Waals surface area contributed by atoms with Gasteiger partial charge < -0.3 is 14.5 Å². The van der Waals surface area contributed by atoms with E-state index in [2.05, 4.69) is 56.8 Å². The first-order valence-corrected chi connectivity index (χ1v) is 7.02. The molecule has 4 heteroatoms. The highest BCUT2D eigenvalue weighted by molar-refractivity contribution is 5.80. The lowest BCUT2D eigenvalue weighted by atomic mass is 10.1. The van der Waals surface area contributed by atoms with Gasteiger partial charge >= 0.3 is 0 Å². The Morgan fingerprint density at radius 3 is 2.85 bits per heavy atom. The summed E-state index contributed by atoms with van der Waals surface area (Å²) in [7, 11) is 2.03. The van der Waals surface area contributed by atoms with Crippen molar-refractivity contribution in [2.24, 2.45) is 7.05 Å². The molecule has 0 fully saturated rings. The van der Waals surface area contributed by atoms with E-state index in [1.165, 1.54) is 16.5 Å². The molecule has 2 aromatic heterocycles. The van der Waals surface area contributed by atoms with Gasteiger partial charge in [0.15, 0.2) is 0 Å². The number of hydrogen-bond acceptors (Lipinski definition) is 2. The van der Waals surface area contributed by atoms with Crippen molar-refractivity contribution in [3.63, 3.8) is 0 Å². The van der Waals surface area contributed by atoms with E-state index in [0.29, 0.717) is 0 Å². The fraction of sp³-hybridized carbons (Fsp3) is 0.312. The van der Waals surface area contributed by atoms with Gasteiger partial charge in [-0.05, 0) is 29.6 Å². The highest BCUT2D eigenvalue weighted by atomic mass is 15.1. The van der Waals surface area contributed by atoms with Crippen molar-refractivity contribution in [1.29, 1.82) is 0 Å². The molecule has 0 aliphatic carbocycles. The molecule has 0 aliphatic heterocycles. The van der Waals surface area contributed by atoms with Crippen LogP contribution in [-0.2, 0) is 20.1 Å². The lowest BCUT2D eigenvalue weighted by molar-refractivity contribution is 0.714. The van der Waals surface area contributed by atoms with Crippen LogP contribution in [0.15, 0.2) is 42.9 Å². The van der Waals surface area contributed by atoms with Crippen molar-refractivity contribution in [2.45, 2.75) is 20.0 Å². The Bertz CT molecular complexity index is 708. The Balaban J connectivity index is 1.92. The highest BCUT2D eigenvalue weighted by Gasteiger charge is 2.05. The highest BCUT2D eigenvalue weighted by Crippen LogP contribution is 2.18. The zero-order chi connectivity index (χ0) is 13.9. The van der Waals surface area contributed by atoms with Crippen LogP contribution in [0.4, 0.5) is 0 Å². The monoisotopic (exact) mass is 268 g/mol. The predicted octanol–water partition coefficient (Wildman–Crippen LogP) is 2.53. The number of imidazole rings is 1. The van der Waals surface area contributed by atoms with Crippen LogP contribution in [0.1, 0.15) is 18.3 Å². The van der Waals surface area contributed by atoms with Crippen LogP contribution in [0.2, 0.25) is 0 Å². The lowest BCUT2D eigenvalue weighted by Gasteiger charge is -2.07. The summed E-state index contributed by atoms with van der Waals surface area (Å²) in [5.74, 6) is 1.07. The Morgan fingerprint density at radius 2 is 2.10 bits per heavy atom.